The lowest BCUT2D eigenvalue weighted by Gasteiger charge is -2.22. The van der Waals surface area contributed by atoms with Gasteiger partial charge in [0.2, 0.25) is 0 Å². The van der Waals surface area contributed by atoms with E-state index in [4.69, 9.17) is 33.0 Å². The number of Topliss-reactive ketones (excluding diaryl/α,β-unsaturated/α-hetero) is 1. The number of benzene rings is 1. The number of aliphatic carboxylic acids is 1. The summed E-state index contributed by atoms with van der Waals surface area (Å²) in [5, 5.41) is 23.9. The van der Waals surface area contributed by atoms with Gasteiger partial charge in [-0.1, -0.05) is 29.3 Å². The van der Waals surface area contributed by atoms with Crippen LogP contribution < -0.4 is 5.32 Å². The van der Waals surface area contributed by atoms with Gasteiger partial charge in [0.15, 0.2) is 11.6 Å². The quantitative estimate of drug-likeness (QED) is 0.616. The van der Waals surface area contributed by atoms with Crippen LogP contribution in [0.1, 0.15) is 38.6 Å². The second-order valence-corrected chi connectivity index (χ2v) is 8.19. The fourth-order valence-electron chi connectivity index (χ4n) is 2.39. The monoisotopic (exact) mass is 457 g/mol. The number of rotatable bonds is 8. The number of alkyl carbamates (subject to hydrolysis) is 1. The molecule has 1 amide bonds. The smallest absolute Gasteiger partial charge is 0.408 e. The third-order valence-corrected chi connectivity index (χ3v) is 4.35. The van der Waals surface area contributed by atoms with Gasteiger partial charge in [-0.3, -0.25) is 9.59 Å². The van der Waals surface area contributed by atoms with E-state index in [0.717, 1.165) is 4.80 Å². The Balaban J connectivity index is 2.06. The summed E-state index contributed by atoms with van der Waals surface area (Å²) in [6.45, 7) is 4.54. The lowest BCUT2D eigenvalue weighted by molar-refractivity contribution is -0.139. The molecular weight excluding hydrogens is 437 g/mol. The minimum Gasteiger partial charge on any atom is -0.481 e. The van der Waals surface area contributed by atoms with Crippen LogP contribution in [0.4, 0.5) is 4.79 Å². The van der Waals surface area contributed by atoms with E-state index in [0.29, 0.717) is 15.6 Å². The van der Waals surface area contributed by atoms with Crippen molar-refractivity contribution in [3.8, 4) is 0 Å². The summed E-state index contributed by atoms with van der Waals surface area (Å²) in [6, 6.07) is 3.74. The number of halogens is 2. The third-order valence-electron chi connectivity index (χ3n) is 3.65. The van der Waals surface area contributed by atoms with Crippen molar-refractivity contribution in [1.29, 1.82) is 0 Å². The van der Waals surface area contributed by atoms with Crippen LogP contribution in [0.3, 0.4) is 0 Å². The van der Waals surface area contributed by atoms with Gasteiger partial charge in [-0.05, 0) is 43.7 Å². The van der Waals surface area contributed by atoms with Crippen molar-refractivity contribution in [2.45, 2.75) is 51.8 Å². The molecule has 0 aliphatic carbocycles. The van der Waals surface area contributed by atoms with E-state index >= 15 is 0 Å². The fraction of sp³-hybridized carbons (Fsp3) is 0.444. The number of nitrogens with zero attached hydrogens (tertiary/aromatic N) is 4. The van der Waals surface area contributed by atoms with Crippen LogP contribution in [0.15, 0.2) is 18.2 Å². The summed E-state index contributed by atoms with van der Waals surface area (Å²) < 4.78 is 5.07. The standard InChI is InChI=1S/C18H21Cl2N5O5/c1-18(2,3)30-17(29)21-13(8-16(27)28)14(26)9-25-23-15(22-24-25)7-10-11(19)5-4-6-12(10)20/h4-6,13H,7-9H2,1-3H3,(H,21,29)(H,27,28). The van der Waals surface area contributed by atoms with Crippen LogP contribution in [0.2, 0.25) is 10.0 Å². The second kappa shape index (κ2) is 9.86. The maximum absolute atomic E-state index is 12.5. The maximum Gasteiger partial charge on any atom is 0.408 e. The Hall–Kier alpha value is -2.72. The Kier molecular flexibility index (Phi) is 7.74. The van der Waals surface area contributed by atoms with E-state index in [1.54, 1.807) is 39.0 Å². The first-order valence-electron chi connectivity index (χ1n) is 8.88. The van der Waals surface area contributed by atoms with Crippen LogP contribution in [-0.4, -0.2) is 54.8 Å². The molecule has 2 N–H and O–H groups in total. The summed E-state index contributed by atoms with van der Waals surface area (Å²) in [6.07, 6.45) is -1.32. The maximum atomic E-state index is 12.5. The predicted octanol–water partition coefficient (Wildman–Crippen LogP) is 2.51. The zero-order valence-corrected chi connectivity index (χ0v) is 18.1. The normalized spacial score (nSPS) is 12.3. The lowest BCUT2D eigenvalue weighted by atomic mass is 10.1. The number of hydrogen-bond donors (Lipinski definition) is 2. The number of ketones is 1. The van der Waals surface area contributed by atoms with E-state index in [1.165, 1.54) is 0 Å². The van der Waals surface area contributed by atoms with Crippen molar-refractivity contribution in [3.05, 3.63) is 39.6 Å². The summed E-state index contributed by atoms with van der Waals surface area (Å²) in [5.74, 6) is -1.61. The highest BCUT2D eigenvalue weighted by Gasteiger charge is 2.27. The molecule has 0 aliphatic rings. The first-order chi connectivity index (χ1) is 13.9. The third kappa shape index (κ3) is 7.27. The predicted molar refractivity (Wildman–Crippen MR) is 108 cm³/mol. The summed E-state index contributed by atoms with van der Waals surface area (Å²) in [5.41, 5.74) is -0.189. The minimum atomic E-state index is -1.31. The van der Waals surface area contributed by atoms with Crippen molar-refractivity contribution in [3.63, 3.8) is 0 Å². The number of carbonyl (C=O) groups is 3. The minimum absolute atomic E-state index is 0.196. The van der Waals surface area contributed by atoms with Gasteiger partial charge in [-0.15, -0.1) is 10.2 Å². The Labute approximate surface area is 182 Å². The van der Waals surface area contributed by atoms with Crippen LogP contribution >= 0.6 is 23.2 Å². The molecule has 1 heterocycles. The molecule has 0 aliphatic heterocycles. The summed E-state index contributed by atoms with van der Waals surface area (Å²) in [4.78, 5) is 36.5. The molecule has 2 rings (SSSR count). The molecule has 0 bridgehead atoms. The first kappa shape index (κ1) is 23.6. The van der Waals surface area contributed by atoms with Gasteiger partial charge in [0, 0.05) is 16.5 Å². The number of tetrazole rings is 1. The van der Waals surface area contributed by atoms with Crippen molar-refractivity contribution < 1.29 is 24.2 Å². The number of amides is 1. The average Bonchev–Trinajstić information content (AvgIpc) is 3.02. The fourth-order valence-corrected chi connectivity index (χ4v) is 2.92. The van der Waals surface area contributed by atoms with Crippen LogP contribution in [0.25, 0.3) is 0 Å². The van der Waals surface area contributed by atoms with E-state index in [-0.39, 0.29) is 12.2 Å². The zero-order chi connectivity index (χ0) is 22.5. The van der Waals surface area contributed by atoms with E-state index in [1.807, 2.05) is 0 Å². The highest BCUT2D eigenvalue weighted by molar-refractivity contribution is 6.36. The molecule has 1 aromatic carbocycles. The Morgan fingerprint density at radius 3 is 2.43 bits per heavy atom. The molecule has 0 saturated heterocycles. The SMILES string of the molecule is CC(C)(C)OC(=O)NC(CC(=O)O)C(=O)Cn1nnc(Cc2c(Cl)cccc2Cl)n1. The largest absolute Gasteiger partial charge is 0.481 e. The van der Waals surface area contributed by atoms with Crippen molar-refractivity contribution in [2.75, 3.05) is 0 Å². The van der Waals surface area contributed by atoms with Crippen molar-refractivity contribution >= 4 is 41.0 Å². The lowest BCUT2D eigenvalue weighted by Crippen LogP contribution is -2.45. The second-order valence-electron chi connectivity index (χ2n) is 7.38. The average molecular weight is 458 g/mol. The zero-order valence-electron chi connectivity index (χ0n) is 16.6. The van der Waals surface area contributed by atoms with Crippen molar-refractivity contribution in [2.24, 2.45) is 0 Å². The van der Waals surface area contributed by atoms with Crippen LogP contribution in [0.5, 0.6) is 0 Å². The molecule has 0 spiro atoms. The van der Waals surface area contributed by atoms with E-state index < -0.39 is 42.5 Å². The number of aromatic nitrogens is 4. The van der Waals surface area contributed by atoms with Gasteiger partial charge in [-0.2, -0.15) is 4.80 Å². The molecule has 1 unspecified atom stereocenters. The molecule has 2 aromatic rings. The number of carboxylic acid groups (broad SMARTS) is 1. The van der Waals surface area contributed by atoms with Gasteiger partial charge in [0.1, 0.15) is 18.2 Å². The van der Waals surface area contributed by atoms with Gasteiger partial charge in [0.25, 0.3) is 0 Å². The first-order valence-corrected chi connectivity index (χ1v) is 9.64. The van der Waals surface area contributed by atoms with Gasteiger partial charge < -0.3 is 15.2 Å². The molecule has 0 saturated carbocycles. The molecule has 12 heteroatoms. The Morgan fingerprint density at radius 1 is 1.23 bits per heavy atom. The molecule has 0 fully saturated rings. The molecule has 1 atom stereocenters. The highest BCUT2D eigenvalue weighted by atomic mass is 35.5. The van der Waals surface area contributed by atoms with Crippen LogP contribution in [-0.2, 0) is 27.3 Å². The summed E-state index contributed by atoms with van der Waals surface area (Å²) in [7, 11) is 0. The number of carboxylic acids is 1. The van der Waals surface area contributed by atoms with E-state index in [2.05, 4.69) is 20.7 Å². The Bertz CT molecular complexity index is 921. The molecule has 10 nitrogen and oxygen atoms in total. The van der Waals surface area contributed by atoms with E-state index in [9.17, 15) is 14.4 Å². The van der Waals surface area contributed by atoms with Crippen molar-refractivity contribution in [1.82, 2.24) is 25.5 Å². The number of ether oxygens (including phenoxy) is 1. The van der Waals surface area contributed by atoms with Gasteiger partial charge in [-0.25, -0.2) is 4.79 Å². The number of nitrogens with one attached hydrogen (secondary N) is 1. The van der Waals surface area contributed by atoms with Gasteiger partial charge in [0.05, 0.1) is 6.42 Å². The molecule has 30 heavy (non-hydrogen) atoms. The molecular formula is C18H21Cl2N5O5. The topological polar surface area (TPSA) is 136 Å². The molecule has 0 radical (unpaired) electrons. The number of carbonyl (C=O) groups excluding carboxylic acids is 2. The van der Waals surface area contributed by atoms with Gasteiger partial charge >= 0.3 is 12.1 Å². The molecule has 162 valence electrons. The Morgan fingerprint density at radius 2 is 1.87 bits per heavy atom. The summed E-state index contributed by atoms with van der Waals surface area (Å²) >= 11 is 12.3. The number of hydrogen-bond acceptors (Lipinski definition) is 7. The highest BCUT2D eigenvalue weighted by Crippen LogP contribution is 2.25. The van der Waals surface area contributed by atoms with Crippen LogP contribution in [0, 0.1) is 0 Å². The molecule has 1 aromatic heterocycles.